The maximum absolute atomic E-state index is 14.0. The number of carbonyl (C=O) groups is 2. The van der Waals surface area contributed by atoms with Crippen LogP contribution in [0.25, 0.3) is 0 Å². The zero-order valence-corrected chi connectivity index (χ0v) is 22.2. The molecule has 0 spiro atoms. The van der Waals surface area contributed by atoms with E-state index in [1.54, 1.807) is 0 Å². The Morgan fingerprint density at radius 3 is 2.38 bits per heavy atom. The van der Waals surface area contributed by atoms with Gasteiger partial charge in [0.25, 0.3) is 0 Å². The van der Waals surface area contributed by atoms with Crippen LogP contribution in [0, 0.1) is 5.92 Å². The molecule has 37 heavy (non-hydrogen) atoms. The lowest BCUT2D eigenvalue weighted by Gasteiger charge is -2.42. The molecule has 0 radical (unpaired) electrons. The summed E-state index contributed by atoms with van der Waals surface area (Å²) in [6, 6.07) is 1.57. The van der Waals surface area contributed by atoms with Gasteiger partial charge in [-0.15, -0.1) is 0 Å². The third-order valence-electron chi connectivity index (χ3n) is 4.90. The van der Waals surface area contributed by atoms with E-state index in [9.17, 15) is 29.6 Å². The van der Waals surface area contributed by atoms with Crippen molar-refractivity contribution < 1.29 is 40.6 Å². The molecule has 2 aromatic rings. The number of hydrogen-bond donors (Lipinski definition) is 3. The van der Waals surface area contributed by atoms with Gasteiger partial charge in [0.1, 0.15) is 0 Å². The van der Waals surface area contributed by atoms with Crippen LogP contribution in [0.1, 0.15) is 52.5 Å². The molecule has 10 heteroatoms. The molecule has 0 saturated carbocycles. The molecule has 2 amide bonds. The first-order chi connectivity index (χ1) is 20.7. The number of nitrogens with zero attached hydrogens (tertiary/aromatic N) is 2. The third kappa shape index (κ3) is 8.84. The van der Waals surface area contributed by atoms with Gasteiger partial charge in [0.2, 0.25) is 15.9 Å². The van der Waals surface area contributed by atoms with Crippen LogP contribution >= 0.6 is 0 Å². The van der Waals surface area contributed by atoms with E-state index in [0.29, 0.717) is 0 Å². The molecule has 0 heterocycles. The summed E-state index contributed by atoms with van der Waals surface area (Å²) in [6.45, 7) is 1.06. The topological polar surface area (TPSA) is 127 Å². The van der Waals surface area contributed by atoms with Gasteiger partial charge >= 0.3 is 6.09 Å². The first kappa shape index (κ1) is 19.2. The second-order valence-electron chi connectivity index (χ2n) is 9.26. The van der Waals surface area contributed by atoms with Gasteiger partial charge in [-0.05, 0) is 50.8 Å². The lowest BCUT2D eigenvalue weighted by atomic mass is 9.94. The standard InChI is InChI=1S/C27H39N3O6S/c1-20(17-28-21(2)31)18-29(37(35,36)23-14-10-7-11-15-23)19-25(32)24(16-22-12-8-6-9-13-22)30(26(33)34)27(3,4)5/h6-15,20,24-25,32H,16-19H2,1-5H3,(H,28,31)(H,33,34)/t20?,24-,25+/m0/s1/i6D,8D,12D,16D2,19D2,24D,25D. The highest BCUT2D eigenvalue weighted by molar-refractivity contribution is 7.89. The van der Waals surface area contributed by atoms with Gasteiger partial charge in [-0.25, -0.2) is 13.2 Å². The fraction of sp³-hybridized carbons (Fsp3) is 0.481. The number of benzene rings is 2. The highest BCUT2D eigenvalue weighted by Crippen LogP contribution is 2.25. The van der Waals surface area contributed by atoms with Crippen molar-refractivity contribution >= 4 is 22.0 Å². The number of rotatable bonds is 12. The average Bonchev–Trinajstić information content (AvgIpc) is 2.92. The van der Waals surface area contributed by atoms with Crippen molar-refractivity contribution in [1.29, 1.82) is 0 Å². The van der Waals surface area contributed by atoms with E-state index in [-0.39, 0.29) is 15.7 Å². The number of aliphatic hydroxyl groups is 1. The largest absolute Gasteiger partial charge is 0.465 e. The molecule has 0 aliphatic carbocycles. The van der Waals surface area contributed by atoms with E-state index in [1.165, 1.54) is 52.8 Å². The summed E-state index contributed by atoms with van der Waals surface area (Å²) in [5.41, 5.74) is -2.80. The minimum absolute atomic E-state index is 0.0291. The van der Waals surface area contributed by atoms with Crippen molar-refractivity contribution in [2.45, 2.75) is 63.5 Å². The van der Waals surface area contributed by atoms with Gasteiger partial charge in [0, 0.05) is 37.5 Å². The number of sulfonamides is 1. The first-order valence-electron chi connectivity index (χ1n) is 15.9. The number of carbonyl (C=O) groups excluding carboxylic acids is 1. The first-order valence-corrected chi connectivity index (χ1v) is 12.8. The van der Waals surface area contributed by atoms with Gasteiger partial charge in [-0.3, -0.25) is 9.69 Å². The maximum Gasteiger partial charge on any atom is 0.408 e. The second-order valence-corrected chi connectivity index (χ2v) is 11.1. The van der Waals surface area contributed by atoms with E-state index in [1.807, 2.05) is 0 Å². The zero-order chi connectivity index (χ0) is 35.8. The Hall–Kier alpha value is -2.95. The Labute approximate surface area is 232 Å². The van der Waals surface area contributed by atoms with Crippen molar-refractivity contribution in [1.82, 2.24) is 14.5 Å². The Bertz CT molecular complexity index is 1560. The molecule has 1 unspecified atom stereocenters. The molecule has 3 atom stereocenters. The van der Waals surface area contributed by atoms with Crippen molar-refractivity contribution in [2.24, 2.45) is 5.92 Å². The predicted molar refractivity (Wildman–Crippen MR) is 143 cm³/mol. The van der Waals surface area contributed by atoms with E-state index >= 15 is 0 Å². The van der Waals surface area contributed by atoms with Crippen molar-refractivity contribution in [3.8, 4) is 0 Å². The van der Waals surface area contributed by atoms with Crippen molar-refractivity contribution in [2.75, 3.05) is 19.6 Å². The molecule has 204 valence electrons. The van der Waals surface area contributed by atoms with Gasteiger partial charge in [0.05, 0.1) is 23.8 Å². The lowest BCUT2D eigenvalue weighted by molar-refractivity contribution is -0.119. The predicted octanol–water partition coefficient (Wildman–Crippen LogP) is 3.20. The Morgan fingerprint density at radius 2 is 1.81 bits per heavy atom. The van der Waals surface area contributed by atoms with Crippen LogP contribution < -0.4 is 5.32 Å². The van der Waals surface area contributed by atoms with Crippen LogP contribution in [-0.2, 0) is 21.2 Å². The molecule has 9 nitrogen and oxygen atoms in total. The van der Waals surface area contributed by atoms with E-state index in [2.05, 4.69) is 5.32 Å². The summed E-state index contributed by atoms with van der Waals surface area (Å²) in [6.07, 6.45) is -10.2. The fourth-order valence-corrected chi connectivity index (χ4v) is 4.62. The lowest BCUT2D eigenvalue weighted by Crippen LogP contribution is -2.58. The van der Waals surface area contributed by atoms with Gasteiger partial charge < -0.3 is 15.5 Å². The normalized spacial score (nSPS) is 20.6. The molecule has 0 aliphatic rings. The van der Waals surface area contributed by atoms with E-state index in [0.717, 1.165) is 24.3 Å². The van der Waals surface area contributed by atoms with Crippen LogP contribution in [0.15, 0.2) is 65.5 Å². The molecular weight excluding hydrogens is 494 g/mol. The quantitative estimate of drug-likeness (QED) is 0.378. The summed E-state index contributed by atoms with van der Waals surface area (Å²) in [7, 11) is -5.05. The van der Waals surface area contributed by atoms with Crippen LogP contribution in [0.5, 0.6) is 0 Å². The fourth-order valence-electron chi connectivity index (χ4n) is 3.21. The van der Waals surface area contributed by atoms with Gasteiger partial charge in [0.15, 0.2) is 0 Å². The van der Waals surface area contributed by atoms with Crippen LogP contribution in [0.2, 0.25) is 0 Å². The smallest absolute Gasteiger partial charge is 0.408 e. The molecular formula is C27H39N3O6S. The summed E-state index contributed by atoms with van der Waals surface area (Å²) >= 11 is 0. The number of amides is 2. The van der Waals surface area contributed by atoms with Crippen LogP contribution in [0.4, 0.5) is 4.79 Å². The molecule has 0 aromatic heterocycles. The van der Waals surface area contributed by atoms with Crippen LogP contribution in [0.3, 0.4) is 0 Å². The summed E-state index contributed by atoms with van der Waals surface area (Å²) in [4.78, 5) is 23.8. The molecule has 2 rings (SSSR count). The molecule has 2 aromatic carbocycles. The number of hydrogen-bond acceptors (Lipinski definition) is 5. The second kappa shape index (κ2) is 13.0. The maximum atomic E-state index is 14.0. The minimum atomic E-state index is -5.05. The molecule has 3 N–H and O–H groups in total. The van der Waals surface area contributed by atoms with Crippen molar-refractivity contribution in [3.05, 3.63) is 66.2 Å². The Morgan fingerprint density at radius 1 is 1.16 bits per heavy atom. The summed E-state index contributed by atoms with van der Waals surface area (Å²) in [5, 5.41) is 24.8. The zero-order valence-electron chi connectivity index (χ0n) is 30.4. The molecule has 0 fully saturated rings. The molecule has 0 saturated heterocycles. The highest BCUT2D eigenvalue weighted by atomic mass is 32.2. The number of nitrogens with one attached hydrogen (secondary N) is 1. The van der Waals surface area contributed by atoms with E-state index in [4.69, 9.17) is 11.0 Å². The summed E-state index contributed by atoms with van der Waals surface area (Å²) < 4.78 is 107. The Kier molecular flexibility index (Phi) is 6.75. The third-order valence-corrected chi connectivity index (χ3v) is 6.59. The number of carboxylic acid groups (broad SMARTS) is 1. The molecule has 0 bridgehead atoms. The van der Waals surface area contributed by atoms with Gasteiger partial charge in [-0.1, -0.05) is 55.4 Å². The average molecular weight is 543 g/mol. The SMILES string of the molecule is [2H]c1ccc(C([2H])([2H])[C@]([2H])(N(C(=O)O)C(C)(C)C)[C@]([2H])(O)C([2H])([2H])N(CC(C)CNC(C)=O)S(=O)(=O)c2ccccc2)c([2H])c1[2H]. The summed E-state index contributed by atoms with van der Waals surface area (Å²) in [5.74, 6) is -1.40. The monoisotopic (exact) mass is 542 g/mol. The van der Waals surface area contributed by atoms with Crippen LogP contribution in [-0.4, -0.2) is 77.1 Å². The highest BCUT2D eigenvalue weighted by Gasteiger charge is 2.39. The minimum Gasteiger partial charge on any atom is -0.465 e. The Balaban J connectivity index is 3.07. The van der Waals surface area contributed by atoms with Gasteiger partial charge in [-0.2, -0.15) is 4.31 Å². The van der Waals surface area contributed by atoms with E-state index < -0.39 is 93.6 Å². The van der Waals surface area contributed by atoms with Crippen molar-refractivity contribution in [3.63, 3.8) is 0 Å². The molecule has 0 aliphatic heterocycles.